The van der Waals surface area contributed by atoms with E-state index in [1.165, 1.54) is 5.19 Å². The van der Waals surface area contributed by atoms with Crippen molar-refractivity contribution in [3.8, 4) is 0 Å². The number of hydrogen-bond acceptors (Lipinski definition) is 2. The Balaban J connectivity index is 2.71. The summed E-state index contributed by atoms with van der Waals surface area (Å²) in [6.07, 6.45) is 0.414. The predicted octanol–water partition coefficient (Wildman–Crippen LogP) is -0.517. The van der Waals surface area contributed by atoms with Crippen molar-refractivity contribution in [1.29, 1.82) is 0 Å². The van der Waals surface area contributed by atoms with Gasteiger partial charge < -0.3 is 10.8 Å². The van der Waals surface area contributed by atoms with Gasteiger partial charge in [-0.2, -0.15) is 0 Å². The molecule has 1 aromatic carbocycles. The Labute approximate surface area is 85.8 Å². The van der Waals surface area contributed by atoms with E-state index in [9.17, 15) is 4.79 Å². The second-order valence-electron chi connectivity index (χ2n) is 3.32. The molecule has 1 aromatic rings. The molecule has 3 nitrogen and oxygen atoms in total. The summed E-state index contributed by atoms with van der Waals surface area (Å²) >= 11 is 0. The minimum atomic E-state index is -0.941. The van der Waals surface area contributed by atoms with Gasteiger partial charge in [-0.25, -0.2) is 0 Å². The molecular formula is C10H15NO2Si. The highest BCUT2D eigenvalue weighted by atomic mass is 28.2. The fourth-order valence-corrected chi connectivity index (χ4v) is 2.16. The van der Waals surface area contributed by atoms with Crippen LogP contribution in [0.1, 0.15) is 5.56 Å². The molecule has 1 atom stereocenters. The monoisotopic (exact) mass is 209 g/mol. The van der Waals surface area contributed by atoms with Gasteiger partial charge in [0.2, 0.25) is 0 Å². The van der Waals surface area contributed by atoms with Gasteiger partial charge in [0.15, 0.2) is 0 Å². The summed E-state index contributed by atoms with van der Waals surface area (Å²) in [5.41, 5.74) is 6.47. The summed E-state index contributed by atoms with van der Waals surface area (Å²) in [5, 5.41) is 10.0. The molecule has 0 bridgehead atoms. The maximum atomic E-state index is 10.5. The van der Waals surface area contributed by atoms with Crippen molar-refractivity contribution in [2.45, 2.75) is 19.0 Å². The summed E-state index contributed by atoms with van der Waals surface area (Å²) in [7, 11) is -0.172. The van der Waals surface area contributed by atoms with E-state index in [1.54, 1.807) is 0 Å². The topological polar surface area (TPSA) is 63.3 Å². The molecule has 0 saturated heterocycles. The number of carboxylic acid groups (broad SMARTS) is 1. The van der Waals surface area contributed by atoms with Gasteiger partial charge in [0, 0.05) is 0 Å². The largest absolute Gasteiger partial charge is 0.480 e. The van der Waals surface area contributed by atoms with Gasteiger partial charge >= 0.3 is 5.97 Å². The first kappa shape index (κ1) is 10.9. The maximum Gasteiger partial charge on any atom is 0.320 e. The van der Waals surface area contributed by atoms with Gasteiger partial charge in [-0.05, 0) is 12.0 Å². The molecule has 0 aliphatic carbocycles. The second kappa shape index (κ2) is 4.93. The smallest absolute Gasteiger partial charge is 0.320 e. The molecule has 0 unspecified atom stereocenters. The van der Waals surface area contributed by atoms with E-state index in [1.807, 2.05) is 12.1 Å². The Kier molecular flexibility index (Phi) is 3.85. The molecule has 0 aliphatic rings. The van der Waals surface area contributed by atoms with Crippen LogP contribution in [0.25, 0.3) is 0 Å². The van der Waals surface area contributed by atoms with Crippen LogP contribution in [-0.2, 0) is 11.2 Å². The number of nitrogens with two attached hydrogens (primary N) is 1. The first-order valence-corrected chi connectivity index (χ1v) is 6.81. The van der Waals surface area contributed by atoms with E-state index in [0.29, 0.717) is 6.42 Å². The molecule has 1 rings (SSSR count). The lowest BCUT2D eigenvalue weighted by Gasteiger charge is -2.07. The van der Waals surface area contributed by atoms with Crippen LogP contribution >= 0.6 is 0 Å². The average Bonchev–Trinajstić information content (AvgIpc) is 2.18. The lowest BCUT2D eigenvalue weighted by molar-refractivity contribution is -0.138. The molecule has 0 amide bonds. The van der Waals surface area contributed by atoms with Crippen LogP contribution in [0, 0.1) is 0 Å². The average molecular weight is 209 g/mol. The van der Waals surface area contributed by atoms with E-state index in [-0.39, 0.29) is 9.52 Å². The van der Waals surface area contributed by atoms with Gasteiger partial charge in [0.1, 0.15) is 6.04 Å². The standard InChI is InChI=1S/C10H15NO2Si/c1-14-8-4-2-3-7(5-8)6-9(11)10(12)13/h2-5,9H,6,11,14H2,1H3,(H,12,13)/t9-/m0/s1. The lowest BCUT2D eigenvalue weighted by atomic mass is 10.1. The van der Waals surface area contributed by atoms with E-state index < -0.39 is 12.0 Å². The highest BCUT2D eigenvalue weighted by molar-refractivity contribution is 6.51. The molecule has 0 spiro atoms. The van der Waals surface area contributed by atoms with E-state index in [2.05, 4.69) is 18.7 Å². The summed E-state index contributed by atoms with van der Waals surface area (Å²) < 4.78 is 0. The summed E-state index contributed by atoms with van der Waals surface area (Å²) in [6, 6.07) is 7.26. The highest BCUT2D eigenvalue weighted by Crippen LogP contribution is 2.00. The Hall–Kier alpha value is -1.13. The Morgan fingerprint density at radius 2 is 2.36 bits per heavy atom. The molecule has 0 heterocycles. The quantitative estimate of drug-likeness (QED) is 0.656. The predicted molar refractivity (Wildman–Crippen MR) is 59.8 cm³/mol. The highest BCUT2D eigenvalue weighted by Gasteiger charge is 2.11. The number of hydrogen-bond donors (Lipinski definition) is 2. The van der Waals surface area contributed by atoms with Crippen molar-refractivity contribution >= 4 is 20.7 Å². The van der Waals surface area contributed by atoms with Crippen LogP contribution in [0.5, 0.6) is 0 Å². The number of aliphatic carboxylic acids is 1. The fraction of sp³-hybridized carbons (Fsp3) is 0.300. The molecule has 0 saturated carbocycles. The fourth-order valence-electron chi connectivity index (χ4n) is 1.32. The van der Waals surface area contributed by atoms with Crippen LogP contribution in [-0.4, -0.2) is 26.6 Å². The number of rotatable bonds is 4. The Morgan fingerprint density at radius 1 is 1.64 bits per heavy atom. The van der Waals surface area contributed by atoms with Crippen molar-refractivity contribution in [1.82, 2.24) is 0 Å². The first-order valence-electron chi connectivity index (χ1n) is 4.69. The number of carboxylic acids is 1. The van der Waals surface area contributed by atoms with Gasteiger partial charge in [-0.15, -0.1) is 0 Å². The van der Waals surface area contributed by atoms with E-state index in [0.717, 1.165) is 5.56 Å². The molecule has 76 valence electrons. The maximum absolute atomic E-state index is 10.5. The summed E-state index contributed by atoms with van der Waals surface area (Å²) in [5.74, 6) is -0.941. The zero-order chi connectivity index (χ0) is 10.6. The summed E-state index contributed by atoms with van der Waals surface area (Å²) in [6.45, 7) is 2.20. The Bertz CT molecular complexity index is 328. The summed E-state index contributed by atoms with van der Waals surface area (Å²) in [4.78, 5) is 10.5. The zero-order valence-electron chi connectivity index (χ0n) is 8.23. The molecule has 4 heteroatoms. The van der Waals surface area contributed by atoms with Crippen LogP contribution in [0.2, 0.25) is 6.55 Å². The normalized spacial score (nSPS) is 13.3. The third kappa shape index (κ3) is 2.97. The second-order valence-corrected chi connectivity index (χ2v) is 4.85. The van der Waals surface area contributed by atoms with Gasteiger partial charge in [0.05, 0.1) is 9.52 Å². The minimum Gasteiger partial charge on any atom is -0.480 e. The van der Waals surface area contributed by atoms with Crippen molar-refractivity contribution in [3.63, 3.8) is 0 Å². The SMILES string of the molecule is C[SiH2]c1cccc(C[C@H](N)C(=O)O)c1. The van der Waals surface area contributed by atoms with Crippen LogP contribution in [0.15, 0.2) is 24.3 Å². The van der Waals surface area contributed by atoms with Crippen LogP contribution < -0.4 is 10.9 Å². The number of benzene rings is 1. The van der Waals surface area contributed by atoms with Crippen molar-refractivity contribution in [2.75, 3.05) is 0 Å². The van der Waals surface area contributed by atoms with Crippen molar-refractivity contribution in [3.05, 3.63) is 29.8 Å². The minimum absolute atomic E-state index is 0.172. The van der Waals surface area contributed by atoms with Crippen molar-refractivity contribution < 1.29 is 9.90 Å². The zero-order valence-corrected chi connectivity index (χ0v) is 9.65. The first-order chi connectivity index (χ1) is 6.63. The van der Waals surface area contributed by atoms with Gasteiger partial charge in [-0.3, -0.25) is 4.79 Å². The van der Waals surface area contributed by atoms with Crippen LogP contribution in [0.3, 0.4) is 0 Å². The van der Waals surface area contributed by atoms with Gasteiger partial charge in [0.25, 0.3) is 0 Å². The molecule has 0 radical (unpaired) electrons. The lowest BCUT2D eigenvalue weighted by Crippen LogP contribution is -2.32. The molecular weight excluding hydrogens is 194 g/mol. The molecule has 0 aromatic heterocycles. The number of carbonyl (C=O) groups is 1. The Morgan fingerprint density at radius 3 is 2.93 bits per heavy atom. The van der Waals surface area contributed by atoms with E-state index in [4.69, 9.17) is 10.8 Å². The van der Waals surface area contributed by atoms with Crippen LogP contribution in [0.4, 0.5) is 0 Å². The van der Waals surface area contributed by atoms with Gasteiger partial charge in [-0.1, -0.05) is 36.0 Å². The van der Waals surface area contributed by atoms with E-state index >= 15 is 0 Å². The molecule has 14 heavy (non-hydrogen) atoms. The molecule has 0 aliphatic heterocycles. The molecule has 3 N–H and O–H groups in total. The third-order valence-electron chi connectivity index (χ3n) is 2.17. The third-order valence-corrected chi connectivity index (χ3v) is 3.43. The van der Waals surface area contributed by atoms with Crippen molar-refractivity contribution in [2.24, 2.45) is 5.73 Å². The molecule has 0 fully saturated rings.